The SMILES string of the molecule is COCCOc1ccc(OCC(O)CNCCOc2ccc(C(N)=O)c(O)c2)cc1. The zero-order chi connectivity index (χ0) is 21.8. The number of aliphatic hydroxyl groups excluding tert-OH is 1. The van der Waals surface area contributed by atoms with Crippen LogP contribution in [0.3, 0.4) is 0 Å². The normalized spacial score (nSPS) is 11.7. The first-order valence-corrected chi connectivity index (χ1v) is 9.48. The molecule has 0 fully saturated rings. The number of hydrogen-bond acceptors (Lipinski definition) is 8. The van der Waals surface area contributed by atoms with Crippen LogP contribution in [0, 0.1) is 0 Å². The van der Waals surface area contributed by atoms with Crippen LogP contribution in [0.2, 0.25) is 0 Å². The fraction of sp³-hybridized carbons (Fsp3) is 0.381. The molecule has 0 aliphatic rings. The van der Waals surface area contributed by atoms with Crippen LogP contribution in [0.5, 0.6) is 23.0 Å². The number of ether oxygens (including phenoxy) is 4. The van der Waals surface area contributed by atoms with Crippen molar-refractivity contribution in [2.24, 2.45) is 5.73 Å². The number of carbonyl (C=O) groups is 1. The van der Waals surface area contributed by atoms with E-state index in [0.717, 1.165) is 5.75 Å². The van der Waals surface area contributed by atoms with Crippen molar-refractivity contribution in [2.75, 3.05) is 46.6 Å². The first-order valence-electron chi connectivity index (χ1n) is 9.48. The van der Waals surface area contributed by atoms with E-state index in [2.05, 4.69) is 5.32 Å². The monoisotopic (exact) mass is 420 g/mol. The summed E-state index contributed by atoms with van der Waals surface area (Å²) in [6.45, 7) is 2.25. The average Bonchev–Trinajstić information content (AvgIpc) is 2.73. The second-order valence-corrected chi connectivity index (χ2v) is 6.37. The van der Waals surface area contributed by atoms with E-state index < -0.39 is 12.0 Å². The van der Waals surface area contributed by atoms with Crippen molar-refractivity contribution >= 4 is 5.91 Å². The third-order valence-electron chi connectivity index (χ3n) is 3.98. The minimum absolute atomic E-state index is 0.0388. The lowest BCUT2D eigenvalue weighted by molar-refractivity contribution is 0.0997. The van der Waals surface area contributed by atoms with Crippen LogP contribution in [0.15, 0.2) is 42.5 Å². The molecule has 5 N–H and O–H groups in total. The summed E-state index contributed by atoms with van der Waals surface area (Å²) in [7, 11) is 1.62. The number of amides is 1. The highest BCUT2D eigenvalue weighted by molar-refractivity contribution is 5.95. The van der Waals surface area contributed by atoms with Crippen molar-refractivity contribution in [1.82, 2.24) is 5.32 Å². The predicted octanol–water partition coefficient (Wildman–Crippen LogP) is 0.925. The van der Waals surface area contributed by atoms with Gasteiger partial charge >= 0.3 is 0 Å². The second kappa shape index (κ2) is 12.5. The van der Waals surface area contributed by atoms with E-state index in [9.17, 15) is 15.0 Å². The Hall–Kier alpha value is -3.01. The van der Waals surface area contributed by atoms with E-state index in [1.807, 2.05) is 0 Å². The summed E-state index contributed by atoms with van der Waals surface area (Å²) in [5, 5.41) is 22.7. The van der Waals surface area contributed by atoms with E-state index in [-0.39, 0.29) is 17.9 Å². The van der Waals surface area contributed by atoms with Crippen molar-refractivity contribution in [3.8, 4) is 23.0 Å². The van der Waals surface area contributed by atoms with Crippen molar-refractivity contribution in [2.45, 2.75) is 6.10 Å². The summed E-state index contributed by atoms with van der Waals surface area (Å²) >= 11 is 0. The Bertz CT molecular complexity index is 783. The number of methoxy groups -OCH3 is 1. The van der Waals surface area contributed by atoms with Gasteiger partial charge in [0.25, 0.3) is 5.91 Å². The predicted molar refractivity (Wildman–Crippen MR) is 110 cm³/mol. The molecule has 9 heteroatoms. The Kier molecular flexibility index (Phi) is 9.72. The summed E-state index contributed by atoms with van der Waals surface area (Å²) in [4.78, 5) is 11.1. The largest absolute Gasteiger partial charge is 0.507 e. The van der Waals surface area contributed by atoms with Crippen molar-refractivity contribution in [3.05, 3.63) is 48.0 Å². The molecule has 2 aromatic rings. The molecular weight excluding hydrogens is 392 g/mol. The lowest BCUT2D eigenvalue weighted by Crippen LogP contribution is -2.33. The Morgan fingerprint density at radius 1 is 1.00 bits per heavy atom. The molecule has 0 aliphatic heterocycles. The molecule has 1 amide bonds. The Morgan fingerprint density at radius 2 is 1.63 bits per heavy atom. The minimum Gasteiger partial charge on any atom is -0.507 e. The smallest absolute Gasteiger partial charge is 0.252 e. The van der Waals surface area contributed by atoms with Crippen molar-refractivity contribution in [1.29, 1.82) is 0 Å². The first-order chi connectivity index (χ1) is 14.5. The van der Waals surface area contributed by atoms with Gasteiger partial charge in [0.15, 0.2) is 0 Å². The maximum Gasteiger partial charge on any atom is 0.252 e. The van der Waals surface area contributed by atoms with Gasteiger partial charge in [-0.3, -0.25) is 4.79 Å². The molecule has 30 heavy (non-hydrogen) atoms. The van der Waals surface area contributed by atoms with Crippen LogP contribution < -0.4 is 25.3 Å². The van der Waals surface area contributed by atoms with Gasteiger partial charge in [-0.1, -0.05) is 0 Å². The molecule has 0 saturated heterocycles. The van der Waals surface area contributed by atoms with Crippen LogP contribution in [-0.2, 0) is 4.74 Å². The number of aromatic hydroxyl groups is 1. The standard InChI is InChI=1S/C21H28N2O7/c1-27-10-11-29-16-2-4-17(5-3-16)30-14-15(24)13-23-8-9-28-18-6-7-19(21(22)26)20(25)12-18/h2-7,12,15,23-25H,8-11,13-14H2,1H3,(H2,22,26). The maximum atomic E-state index is 11.1. The highest BCUT2D eigenvalue weighted by Gasteiger charge is 2.09. The van der Waals surface area contributed by atoms with Gasteiger partial charge < -0.3 is 40.2 Å². The summed E-state index contributed by atoms with van der Waals surface area (Å²) in [6.07, 6.45) is -0.693. The Morgan fingerprint density at radius 3 is 2.27 bits per heavy atom. The Balaban J connectivity index is 1.59. The van der Waals surface area contributed by atoms with Gasteiger partial charge in [-0.2, -0.15) is 0 Å². The lowest BCUT2D eigenvalue weighted by atomic mass is 10.2. The summed E-state index contributed by atoms with van der Waals surface area (Å²) in [5.41, 5.74) is 5.17. The number of aliphatic hydroxyl groups is 1. The molecule has 1 atom stereocenters. The molecule has 1 unspecified atom stereocenters. The zero-order valence-corrected chi connectivity index (χ0v) is 16.9. The van der Waals surface area contributed by atoms with Gasteiger partial charge in [0.1, 0.15) is 48.9 Å². The van der Waals surface area contributed by atoms with Crippen LogP contribution >= 0.6 is 0 Å². The molecule has 2 rings (SSSR count). The third-order valence-corrected chi connectivity index (χ3v) is 3.98. The Labute approximate surface area is 175 Å². The number of nitrogens with two attached hydrogens (primary N) is 1. The number of primary amides is 1. The number of benzene rings is 2. The molecule has 0 saturated carbocycles. The number of rotatable bonds is 14. The van der Waals surface area contributed by atoms with Crippen molar-refractivity contribution in [3.63, 3.8) is 0 Å². The molecule has 0 bridgehead atoms. The first kappa shape index (κ1) is 23.3. The summed E-state index contributed by atoms with van der Waals surface area (Å²) in [5.74, 6) is 0.839. The quantitative estimate of drug-likeness (QED) is 0.332. The van der Waals surface area contributed by atoms with Crippen LogP contribution in [0.4, 0.5) is 0 Å². The summed E-state index contributed by atoms with van der Waals surface area (Å²) < 4.78 is 21.4. The van der Waals surface area contributed by atoms with Gasteiger partial charge in [0.2, 0.25) is 0 Å². The summed E-state index contributed by atoms with van der Waals surface area (Å²) in [6, 6.07) is 11.4. The van der Waals surface area contributed by atoms with E-state index in [1.54, 1.807) is 37.4 Å². The average molecular weight is 420 g/mol. The number of hydrogen-bond donors (Lipinski definition) is 4. The molecule has 164 valence electrons. The molecule has 0 aliphatic carbocycles. The van der Waals surface area contributed by atoms with E-state index >= 15 is 0 Å². The zero-order valence-electron chi connectivity index (χ0n) is 16.9. The van der Waals surface area contributed by atoms with E-state index in [0.29, 0.717) is 44.4 Å². The van der Waals surface area contributed by atoms with Crippen molar-refractivity contribution < 1.29 is 34.0 Å². The molecule has 9 nitrogen and oxygen atoms in total. The molecule has 2 aromatic carbocycles. The number of carbonyl (C=O) groups excluding carboxylic acids is 1. The fourth-order valence-electron chi connectivity index (χ4n) is 2.45. The van der Waals surface area contributed by atoms with Gasteiger partial charge in [-0.25, -0.2) is 0 Å². The minimum atomic E-state index is -0.705. The lowest BCUT2D eigenvalue weighted by Gasteiger charge is -2.14. The molecule has 0 heterocycles. The van der Waals surface area contributed by atoms with Crippen LogP contribution in [0.25, 0.3) is 0 Å². The molecule has 0 aromatic heterocycles. The molecular formula is C21H28N2O7. The van der Waals surface area contributed by atoms with Crippen LogP contribution in [0.1, 0.15) is 10.4 Å². The number of nitrogens with one attached hydrogen (secondary N) is 1. The topological polar surface area (TPSA) is 132 Å². The van der Waals surface area contributed by atoms with Gasteiger partial charge in [0, 0.05) is 26.3 Å². The fourth-order valence-corrected chi connectivity index (χ4v) is 2.45. The highest BCUT2D eigenvalue weighted by Crippen LogP contribution is 2.23. The van der Waals surface area contributed by atoms with E-state index in [4.69, 9.17) is 24.7 Å². The molecule has 0 radical (unpaired) electrons. The van der Waals surface area contributed by atoms with Crippen LogP contribution in [-0.4, -0.2) is 68.9 Å². The highest BCUT2D eigenvalue weighted by atomic mass is 16.5. The van der Waals surface area contributed by atoms with Gasteiger partial charge in [-0.15, -0.1) is 0 Å². The van der Waals surface area contributed by atoms with Gasteiger partial charge in [0.05, 0.1) is 12.2 Å². The van der Waals surface area contributed by atoms with E-state index in [1.165, 1.54) is 12.1 Å². The maximum absolute atomic E-state index is 11.1. The number of phenols is 1. The molecule has 0 spiro atoms. The van der Waals surface area contributed by atoms with Gasteiger partial charge in [-0.05, 0) is 36.4 Å². The second-order valence-electron chi connectivity index (χ2n) is 6.37. The third kappa shape index (κ3) is 8.16.